The second kappa shape index (κ2) is 6.45. The molecule has 1 N–H and O–H groups in total. The molecule has 1 fully saturated rings. The highest BCUT2D eigenvalue weighted by Gasteiger charge is 2.16. The van der Waals surface area contributed by atoms with Crippen molar-refractivity contribution in [3.05, 3.63) is 12.3 Å². The van der Waals surface area contributed by atoms with E-state index in [-0.39, 0.29) is 12.6 Å². The maximum absolute atomic E-state index is 10.9. The Morgan fingerprint density at radius 1 is 1.67 bits per heavy atom. The number of carbonyl (C=O) groups is 1. The van der Waals surface area contributed by atoms with Crippen LogP contribution in [0.1, 0.15) is 19.3 Å². The topological polar surface area (TPSA) is 49.8 Å². The van der Waals surface area contributed by atoms with Gasteiger partial charge in [0.25, 0.3) is 0 Å². The van der Waals surface area contributed by atoms with E-state index in [2.05, 4.69) is 9.64 Å². The fraction of sp³-hybridized carbons (Fsp3) is 0.727. The minimum absolute atomic E-state index is 0.249. The van der Waals surface area contributed by atoms with Gasteiger partial charge in [-0.25, -0.2) is 4.79 Å². The summed E-state index contributed by atoms with van der Waals surface area (Å²) in [5.74, 6) is 0.227. The van der Waals surface area contributed by atoms with E-state index in [4.69, 9.17) is 5.11 Å². The van der Waals surface area contributed by atoms with Crippen molar-refractivity contribution < 1.29 is 14.6 Å². The van der Waals surface area contributed by atoms with Gasteiger partial charge in [-0.15, -0.1) is 0 Å². The molecule has 0 aromatic heterocycles. The van der Waals surface area contributed by atoms with Gasteiger partial charge in [0.2, 0.25) is 0 Å². The molecule has 15 heavy (non-hydrogen) atoms. The highest BCUT2D eigenvalue weighted by Crippen LogP contribution is 2.19. The van der Waals surface area contributed by atoms with Gasteiger partial charge in [-0.1, -0.05) is 0 Å². The van der Waals surface area contributed by atoms with Crippen LogP contribution in [0.4, 0.5) is 0 Å². The zero-order valence-corrected chi connectivity index (χ0v) is 9.19. The molecular weight excluding hydrogens is 194 g/mol. The van der Waals surface area contributed by atoms with Gasteiger partial charge in [0, 0.05) is 32.0 Å². The maximum atomic E-state index is 10.9. The Labute approximate surface area is 90.5 Å². The molecule has 1 aliphatic heterocycles. The van der Waals surface area contributed by atoms with Gasteiger partial charge in [-0.2, -0.15) is 0 Å². The molecule has 0 spiro atoms. The third kappa shape index (κ3) is 4.34. The Morgan fingerprint density at radius 2 is 2.47 bits per heavy atom. The molecule has 1 heterocycles. The molecule has 4 heteroatoms. The Kier molecular flexibility index (Phi) is 5.18. The lowest BCUT2D eigenvalue weighted by atomic mass is 9.95. The van der Waals surface area contributed by atoms with Crippen LogP contribution >= 0.6 is 0 Å². The largest absolute Gasteiger partial charge is 0.466 e. The Balaban J connectivity index is 2.35. The number of carbonyl (C=O) groups excluding carboxylic acids is 1. The number of aliphatic hydroxyl groups excluding tert-OH is 1. The van der Waals surface area contributed by atoms with E-state index < -0.39 is 0 Å². The minimum atomic E-state index is -0.320. The Morgan fingerprint density at radius 3 is 3.13 bits per heavy atom. The molecule has 4 nitrogen and oxygen atoms in total. The zero-order chi connectivity index (χ0) is 11.1. The van der Waals surface area contributed by atoms with Crippen molar-refractivity contribution in [2.45, 2.75) is 19.3 Å². The molecule has 0 aliphatic carbocycles. The second-order valence-corrected chi connectivity index (χ2v) is 3.85. The molecule has 0 aromatic carbocycles. The van der Waals surface area contributed by atoms with Gasteiger partial charge < -0.3 is 14.7 Å². The van der Waals surface area contributed by atoms with Crippen molar-refractivity contribution in [1.29, 1.82) is 0 Å². The minimum Gasteiger partial charge on any atom is -0.466 e. The number of esters is 1. The van der Waals surface area contributed by atoms with Gasteiger partial charge in [-0.3, -0.25) is 0 Å². The van der Waals surface area contributed by atoms with E-state index >= 15 is 0 Å². The summed E-state index contributed by atoms with van der Waals surface area (Å²) in [7, 11) is 1.37. The normalized spacial score (nSPS) is 22.0. The number of hydrogen-bond acceptors (Lipinski definition) is 4. The standard InChI is InChI=1S/C11H19NO3/c1-15-11(14)4-7-12-6-2-3-10(9-12)5-8-13/h4,7,10,13H,2-3,5-6,8-9H2,1H3/b7-4+. The predicted molar refractivity (Wildman–Crippen MR) is 57.2 cm³/mol. The maximum Gasteiger partial charge on any atom is 0.331 e. The monoisotopic (exact) mass is 213 g/mol. The number of methoxy groups -OCH3 is 1. The number of hydrogen-bond donors (Lipinski definition) is 1. The fourth-order valence-corrected chi connectivity index (χ4v) is 1.89. The van der Waals surface area contributed by atoms with Crippen LogP contribution < -0.4 is 0 Å². The van der Waals surface area contributed by atoms with Crippen LogP contribution in [0.3, 0.4) is 0 Å². The third-order valence-electron chi connectivity index (χ3n) is 2.71. The van der Waals surface area contributed by atoms with Crippen LogP contribution in [0.25, 0.3) is 0 Å². The third-order valence-corrected chi connectivity index (χ3v) is 2.71. The van der Waals surface area contributed by atoms with Gasteiger partial charge in [0.15, 0.2) is 0 Å². The molecule has 0 saturated carbocycles. The van der Waals surface area contributed by atoms with Crippen molar-refractivity contribution in [2.24, 2.45) is 5.92 Å². The van der Waals surface area contributed by atoms with Crippen molar-refractivity contribution in [2.75, 3.05) is 26.8 Å². The van der Waals surface area contributed by atoms with Crippen LogP contribution in [0, 0.1) is 5.92 Å². The number of nitrogens with zero attached hydrogens (tertiary/aromatic N) is 1. The summed E-state index contributed by atoms with van der Waals surface area (Å²) in [6.07, 6.45) is 6.37. The van der Waals surface area contributed by atoms with Crippen molar-refractivity contribution >= 4 is 5.97 Å². The van der Waals surface area contributed by atoms with Crippen LogP contribution in [0.15, 0.2) is 12.3 Å². The molecular formula is C11H19NO3. The van der Waals surface area contributed by atoms with Gasteiger partial charge in [0.1, 0.15) is 0 Å². The highest BCUT2D eigenvalue weighted by molar-refractivity contribution is 5.81. The van der Waals surface area contributed by atoms with E-state index in [0.717, 1.165) is 25.9 Å². The van der Waals surface area contributed by atoms with Crippen LogP contribution in [0.2, 0.25) is 0 Å². The Bertz CT molecular complexity index is 226. The number of ether oxygens (including phenoxy) is 1. The average molecular weight is 213 g/mol. The van der Waals surface area contributed by atoms with Crippen molar-refractivity contribution in [3.8, 4) is 0 Å². The molecule has 1 unspecified atom stereocenters. The number of piperidine rings is 1. The number of rotatable bonds is 4. The quantitative estimate of drug-likeness (QED) is 0.553. The molecule has 1 rings (SSSR count). The smallest absolute Gasteiger partial charge is 0.331 e. The SMILES string of the molecule is COC(=O)/C=C/N1CCCC(CCO)C1. The Hall–Kier alpha value is -1.03. The van der Waals surface area contributed by atoms with E-state index in [1.807, 2.05) is 0 Å². The van der Waals surface area contributed by atoms with Gasteiger partial charge >= 0.3 is 5.97 Å². The second-order valence-electron chi connectivity index (χ2n) is 3.85. The molecule has 0 amide bonds. The molecule has 1 saturated heterocycles. The lowest BCUT2D eigenvalue weighted by molar-refractivity contribution is -0.134. The van der Waals surface area contributed by atoms with E-state index in [1.165, 1.54) is 19.6 Å². The molecule has 0 aromatic rings. The highest BCUT2D eigenvalue weighted by atomic mass is 16.5. The van der Waals surface area contributed by atoms with Crippen molar-refractivity contribution in [3.63, 3.8) is 0 Å². The molecule has 1 atom stereocenters. The van der Waals surface area contributed by atoms with E-state index in [1.54, 1.807) is 6.20 Å². The van der Waals surface area contributed by atoms with Crippen LogP contribution in [-0.4, -0.2) is 42.8 Å². The summed E-state index contributed by atoms with van der Waals surface area (Å²) in [5.41, 5.74) is 0. The summed E-state index contributed by atoms with van der Waals surface area (Å²) in [5, 5.41) is 8.85. The number of likely N-dealkylation sites (tertiary alicyclic amines) is 1. The lowest BCUT2D eigenvalue weighted by Crippen LogP contribution is -2.31. The summed E-state index contributed by atoms with van der Waals surface area (Å²) >= 11 is 0. The van der Waals surface area contributed by atoms with E-state index in [0.29, 0.717) is 5.92 Å². The molecule has 0 bridgehead atoms. The molecule has 1 aliphatic rings. The molecule has 0 radical (unpaired) electrons. The average Bonchev–Trinajstić information content (AvgIpc) is 2.27. The first-order chi connectivity index (χ1) is 7.26. The summed E-state index contributed by atoms with van der Waals surface area (Å²) in [6.45, 7) is 2.16. The summed E-state index contributed by atoms with van der Waals surface area (Å²) in [6, 6.07) is 0. The first-order valence-electron chi connectivity index (χ1n) is 5.37. The van der Waals surface area contributed by atoms with E-state index in [9.17, 15) is 4.79 Å². The first-order valence-corrected chi connectivity index (χ1v) is 5.37. The summed E-state index contributed by atoms with van der Waals surface area (Å²) in [4.78, 5) is 13.0. The van der Waals surface area contributed by atoms with Gasteiger partial charge in [0.05, 0.1) is 7.11 Å². The van der Waals surface area contributed by atoms with Crippen molar-refractivity contribution in [1.82, 2.24) is 4.90 Å². The molecule has 86 valence electrons. The fourth-order valence-electron chi connectivity index (χ4n) is 1.89. The van der Waals surface area contributed by atoms with Crippen LogP contribution in [-0.2, 0) is 9.53 Å². The summed E-state index contributed by atoms with van der Waals surface area (Å²) < 4.78 is 4.52. The lowest BCUT2D eigenvalue weighted by Gasteiger charge is -2.31. The predicted octanol–water partition coefficient (Wildman–Crippen LogP) is 0.767. The van der Waals surface area contributed by atoms with Crippen LogP contribution in [0.5, 0.6) is 0 Å². The first kappa shape index (κ1) is 12.0. The van der Waals surface area contributed by atoms with Gasteiger partial charge in [-0.05, 0) is 25.2 Å². The number of aliphatic hydroxyl groups is 1. The zero-order valence-electron chi connectivity index (χ0n) is 9.19.